The number of carbonyl (C=O) groups is 3. The van der Waals surface area contributed by atoms with E-state index in [9.17, 15) is 18.8 Å². The number of rotatable bonds is 2. The van der Waals surface area contributed by atoms with E-state index in [2.05, 4.69) is 0 Å². The van der Waals surface area contributed by atoms with E-state index in [1.54, 1.807) is 0 Å². The van der Waals surface area contributed by atoms with E-state index in [-0.39, 0.29) is 11.5 Å². The number of aromatic carboxylic acids is 1. The Balaban J connectivity index is 2.58. The molecule has 1 aromatic carbocycles. The number of anilines is 1. The maximum atomic E-state index is 13.7. The summed E-state index contributed by atoms with van der Waals surface area (Å²) >= 11 is 1.12. The molecular weight excluding hydrogens is 261 g/mol. The van der Waals surface area contributed by atoms with Crippen LogP contribution in [0.2, 0.25) is 0 Å². The van der Waals surface area contributed by atoms with Crippen molar-refractivity contribution in [3.8, 4) is 0 Å². The molecule has 0 radical (unpaired) electrons. The highest BCUT2D eigenvalue weighted by atomic mass is 32.2. The van der Waals surface area contributed by atoms with Crippen LogP contribution in [0.5, 0.6) is 0 Å². The first-order chi connectivity index (χ1) is 8.52. The zero-order chi connectivity index (χ0) is 13.3. The van der Waals surface area contributed by atoms with E-state index in [0.29, 0.717) is 4.90 Å². The fraction of sp³-hybridized carbons (Fsp3) is 0.182. The van der Waals surface area contributed by atoms with Crippen LogP contribution in [-0.4, -0.2) is 34.4 Å². The van der Waals surface area contributed by atoms with E-state index in [0.717, 1.165) is 23.9 Å². The van der Waals surface area contributed by atoms with Gasteiger partial charge in [0.25, 0.3) is 0 Å². The topological polar surface area (TPSA) is 74.7 Å². The van der Waals surface area contributed by atoms with Gasteiger partial charge in [-0.05, 0) is 12.1 Å². The monoisotopic (exact) mass is 269 g/mol. The summed E-state index contributed by atoms with van der Waals surface area (Å²) in [7, 11) is 0. The van der Waals surface area contributed by atoms with Crippen LogP contribution in [-0.2, 0) is 9.59 Å². The van der Waals surface area contributed by atoms with Crippen LogP contribution in [0.25, 0.3) is 0 Å². The van der Waals surface area contributed by atoms with Gasteiger partial charge in [0.2, 0.25) is 11.8 Å². The quantitative estimate of drug-likeness (QED) is 0.815. The maximum absolute atomic E-state index is 13.7. The minimum atomic E-state index is -1.39. The van der Waals surface area contributed by atoms with Gasteiger partial charge in [0.15, 0.2) is 0 Å². The lowest BCUT2D eigenvalue weighted by atomic mass is 10.1. The Kier molecular flexibility index (Phi) is 3.33. The smallest absolute Gasteiger partial charge is 0.337 e. The van der Waals surface area contributed by atoms with Gasteiger partial charge in [-0.3, -0.25) is 9.59 Å². The molecule has 0 saturated carbocycles. The average Bonchev–Trinajstić information content (AvgIpc) is 2.30. The standard InChI is InChI=1S/C11H8FNO4S/c12-7-3-1-2-6(11(16)17)10(7)13-8(14)4-18-5-9(13)15/h1-3H,4-5H2,(H,16,17). The number of imide groups is 1. The minimum Gasteiger partial charge on any atom is -0.478 e. The molecule has 1 saturated heterocycles. The molecule has 1 aromatic rings. The Hall–Kier alpha value is -1.89. The number of nitrogens with zero attached hydrogens (tertiary/aromatic N) is 1. The Morgan fingerprint density at radius 2 is 1.89 bits per heavy atom. The highest BCUT2D eigenvalue weighted by molar-refractivity contribution is 8.00. The molecule has 0 aliphatic carbocycles. The van der Waals surface area contributed by atoms with Crippen molar-refractivity contribution in [3.05, 3.63) is 29.6 Å². The van der Waals surface area contributed by atoms with Gasteiger partial charge in [-0.15, -0.1) is 11.8 Å². The average molecular weight is 269 g/mol. The van der Waals surface area contributed by atoms with Crippen molar-refractivity contribution in [2.75, 3.05) is 16.4 Å². The normalized spacial score (nSPS) is 15.9. The van der Waals surface area contributed by atoms with Crippen LogP contribution in [0.1, 0.15) is 10.4 Å². The summed E-state index contributed by atoms with van der Waals surface area (Å²) in [4.78, 5) is 34.9. The lowest BCUT2D eigenvalue weighted by Crippen LogP contribution is -2.44. The number of carboxylic acid groups (broad SMARTS) is 1. The summed E-state index contributed by atoms with van der Waals surface area (Å²) < 4.78 is 13.7. The third-order valence-electron chi connectivity index (χ3n) is 2.39. The first kappa shape index (κ1) is 12.6. The zero-order valence-corrected chi connectivity index (χ0v) is 9.87. The second-order valence-corrected chi connectivity index (χ2v) is 4.54. The van der Waals surface area contributed by atoms with Crippen molar-refractivity contribution >= 4 is 35.2 Å². The number of benzene rings is 1. The highest BCUT2D eigenvalue weighted by Crippen LogP contribution is 2.28. The number of hydrogen-bond donors (Lipinski definition) is 1. The first-order valence-corrected chi connectivity index (χ1v) is 6.13. The lowest BCUT2D eigenvalue weighted by molar-refractivity contribution is -0.124. The van der Waals surface area contributed by atoms with E-state index < -0.39 is 34.9 Å². The van der Waals surface area contributed by atoms with Crippen LogP contribution < -0.4 is 4.90 Å². The summed E-state index contributed by atoms with van der Waals surface area (Å²) in [6.45, 7) is 0. The molecule has 2 rings (SSSR count). The summed E-state index contributed by atoms with van der Waals surface area (Å²) in [6.07, 6.45) is 0. The first-order valence-electron chi connectivity index (χ1n) is 4.97. The van der Waals surface area contributed by atoms with Gasteiger partial charge >= 0.3 is 5.97 Å². The Bertz CT molecular complexity index is 530. The number of amides is 2. The number of hydrogen-bond acceptors (Lipinski definition) is 4. The van der Waals surface area contributed by atoms with Gasteiger partial charge in [-0.1, -0.05) is 6.07 Å². The van der Waals surface area contributed by atoms with Gasteiger partial charge in [0, 0.05) is 0 Å². The zero-order valence-electron chi connectivity index (χ0n) is 9.05. The summed E-state index contributed by atoms with van der Waals surface area (Å²) in [6, 6.07) is 3.39. The van der Waals surface area contributed by atoms with Gasteiger partial charge in [-0.25, -0.2) is 14.1 Å². The van der Waals surface area contributed by atoms with Crippen molar-refractivity contribution in [2.24, 2.45) is 0 Å². The van der Waals surface area contributed by atoms with E-state index in [1.807, 2.05) is 0 Å². The van der Waals surface area contributed by atoms with Gasteiger partial charge in [0.1, 0.15) is 11.5 Å². The fourth-order valence-corrected chi connectivity index (χ4v) is 2.37. The van der Waals surface area contributed by atoms with Crippen LogP contribution in [0, 0.1) is 5.82 Å². The number of thioether (sulfide) groups is 1. The molecule has 7 heteroatoms. The third kappa shape index (κ3) is 2.08. The number of halogens is 1. The molecule has 1 aliphatic rings. The van der Waals surface area contributed by atoms with E-state index in [4.69, 9.17) is 5.11 Å². The minimum absolute atomic E-state index is 0.0269. The van der Waals surface area contributed by atoms with Crippen LogP contribution in [0.15, 0.2) is 18.2 Å². The third-order valence-corrected chi connectivity index (χ3v) is 3.29. The summed E-state index contributed by atoms with van der Waals surface area (Å²) in [5.74, 6) is -3.45. The van der Waals surface area contributed by atoms with Crippen molar-refractivity contribution in [3.63, 3.8) is 0 Å². The second kappa shape index (κ2) is 4.77. The largest absolute Gasteiger partial charge is 0.478 e. The lowest BCUT2D eigenvalue weighted by Gasteiger charge is -2.25. The fourth-order valence-electron chi connectivity index (χ4n) is 1.66. The molecule has 0 aromatic heterocycles. The number of para-hydroxylation sites is 1. The molecule has 18 heavy (non-hydrogen) atoms. The SMILES string of the molecule is O=C(O)c1cccc(F)c1N1C(=O)CSCC1=O. The van der Waals surface area contributed by atoms with Crippen LogP contribution in [0.4, 0.5) is 10.1 Å². The molecule has 1 N–H and O–H groups in total. The Morgan fingerprint density at radius 3 is 2.44 bits per heavy atom. The molecule has 94 valence electrons. The molecule has 1 aliphatic heterocycles. The summed E-state index contributed by atoms with van der Waals surface area (Å²) in [5.41, 5.74) is -0.871. The molecule has 1 fully saturated rings. The molecule has 1 heterocycles. The van der Waals surface area contributed by atoms with E-state index >= 15 is 0 Å². The van der Waals surface area contributed by atoms with Gasteiger partial charge in [-0.2, -0.15) is 0 Å². The van der Waals surface area contributed by atoms with Crippen molar-refractivity contribution in [1.82, 2.24) is 0 Å². The predicted molar refractivity (Wildman–Crippen MR) is 63.2 cm³/mol. The summed E-state index contributed by atoms with van der Waals surface area (Å²) in [5, 5.41) is 8.97. The molecular formula is C11H8FNO4S. The molecule has 0 atom stereocenters. The highest BCUT2D eigenvalue weighted by Gasteiger charge is 2.33. The Morgan fingerprint density at radius 1 is 1.28 bits per heavy atom. The Labute approximate surface area is 106 Å². The molecule has 0 spiro atoms. The molecule has 2 amide bonds. The predicted octanol–water partition coefficient (Wildman–Crippen LogP) is 1.13. The van der Waals surface area contributed by atoms with Gasteiger partial charge < -0.3 is 5.11 Å². The number of carbonyl (C=O) groups excluding carboxylic acids is 2. The molecule has 5 nitrogen and oxygen atoms in total. The van der Waals surface area contributed by atoms with Crippen molar-refractivity contribution in [1.29, 1.82) is 0 Å². The van der Waals surface area contributed by atoms with Crippen molar-refractivity contribution in [2.45, 2.75) is 0 Å². The van der Waals surface area contributed by atoms with Crippen LogP contribution in [0.3, 0.4) is 0 Å². The van der Waals surface area contributed by atoms with Crippen molar-refractivity contribution < 1.29 is 23.9 Å². The second-order valence-electron chi connectivity index (χ2n) is 3.56. The molecule has 0 bridgehead atoms. The number of carboxylic acids is 1. The van der Waals surface area contributed by atoms with E-state index in [1.165, 1.54) is 6.07 Å². The van der Waals surface area contributed by atoms with Gasteiger partial charge in [0.05, 0.1) is 17.1 Å². The molecule has 0 unspecified atom stereocenters. The maximum Gasteiger partial charge on any atom is 0.337 e. The van der Waals surface area contributed by atoms with Crippen LogP contribution >= 0.6 is 11.8 Å².